The van der Waals surface area contributed by atoms with Gasteiger partial charge in [0.05, 0.1) is 0 Å². The van der Waals surface area contributed by atoms with Crippen molar-refractivity contribution in [2.24, 2.45) is 11.8 Å². The molecule has 1 saturated carbocycles. The third kappa shape index (κ3) is 2.93. The van der Waals surface area contributed by atoms with Gasteiger partial charge in [0, 0.05) is 31.1 Å². The average Bonchev–Trinajstić information content (AvgIpc) is 3.20. The Hall–Kier alpha value is -2.25. The van der Waals surface area contributed by atoms with Gasteiger partial charge in [-0.2, -0.15) is 0 Å². The SMILES string of the molecule is O=C1CCC(N2Cc3cccc(CNCC4CC5NCCC45)c3C2=O)C(=O)N1. The largest absolute Gasteiger partial charge is 0.322 e. The van der Waals surface area contributed by atoms with Gasteiger partial charge < -0.3 is 15.5 Å². The lowest BCUT2D eigenvalue weighted by Gasteiger charge is -2.40. The summed E-state index contributed by atoms with van der Waals surface area (Å²) in [6.07, 6.45) is 3.20. The summed E-state index contributed by atoms with van der Waals surface area (Å²) in [6, 6.07) is 6.11. The van der Waals surface area contributed by atoms with Gasteiger partial charge in [-0.3, -0.25) is 19.7 Å². The van der Waals surface area contributed by atoms with Gasteiger partial charge >= 0.3 is 0 Å². The molecule has 4 unspecified atom stereocenters. The average molecular weight is 382 g/mol. The molecule has 1 aliphatic carbocycles. The van der Waals surface area contributed by atoms with Crippen LogP contribution in [0.15, 0.2) is 18.2 Å². The molecule has 2 saturated heterocycles. The molecule has 148 valence electrons. The fourth-order valence-electron chi connectivity index (χ4n) is 5.38. The maximum Gasteiger partial charge on any atom is 0.255 e. The van der Waals surface area contributed by atoms with E-state index in [4.69, 9.17) is 0 Å². The Kier molecular flexibility index (Phi) is 4.44. The van der Waals surface area contributed by atoms with E-state index in [9.17, 15) is 14.4 Å². The van der Waals surface area contributed by atoms with E-state index >= 15 is 0 Å². The van der Waals surface area contributed by atoms with E-state index in [1.54, 1.807) is 4.90 Å². The van der Waals surface area contributed by atoms with Crippen LogP contribution >= 0.6 is 0 Å². The number of hydrogen-bond donors (Lipinski definition) is 3. The molecule has 3 N–H and O–H groups in total. The fraction of sp³-hybridized carbons (Fsp3) is 0.571. The Morgan fingerprint density at radius 3 is 2.89 bits per heavy atom. The zero-order chi connectivity index (χ0) is 19.3. The predicted molar refractivity (Wildman–Crippen MR) is 102 cm³/mol. The molecule has 3 aliphatic heterocycles. The van der Waals surface area contributed by atoms with Crippen molar-refractivity contribution in [3.8, 4) is 0 Å². The second kappa shape index (κ2) is 6.97. The fourth-order valence-corrected chi connectivity index (χ4v) is 5.38. The summed E-state index contributed by atoms with van der Waals surface area (Å²) in [5.41, 5.74) is 2.70. The molecule has 7 heteroatoms. The predicted octanol–water partition coefficient (Wildman–Crippen LogP) is 0.535. The van der Waals surface area contributed by atoms with Gasteiger partial charge in [0.2, 0.25) is 11.8 Å². The van der Waals surface area contributed by atoms with Crippen molar-refractivity contribution in [2.75, 3.05) is 13.1 Å². The lowest BCUT2D eigenvalue weighted by molar-refractivity contribution is -0.136. The van der Waals surface area contributed by atoms with Crippen LogP contribution < -0.4 is 16.0 Å². The zero-order valence-corrected chi connectivity index (χ0v) is 15.9. The Morgan fingerprint density at radius 2 is 2.07 bits per heavy atom. The second-order valence-electron chi connectivity index (χ2n) is 8.49. The number of piperidine rings is 1. The van der Waals surface area contributed by atoms with Crippen molar-refractivity contribution in [1.29, 1.82) is 0 Å². The number of fused-ring (bicyclic) bond motifs is 2. The van der Waals surface area contributed by atoms with Crippen LogP contribution in [-0.4, -0.2) is 47.8 Å². The maximum atomic E-state index is 13.1. The molecule has 0 radical (unpaired) electrons. The molecular formula is C21H26N4O3. The minimum absolute atomic E-state index is 0.0920. The van der Waals surface area contributed by atoms with Gasteiger partial charge in [0.1, 0.15) is 6.04 Å². The number of imide groups is 1. The molecule has 0 bridgehead atoms. The van der Waals surface area contributed by atoms with E-state index in [0.29, 0.717) is 19.5 Å². The van der Waals surface area contributed by atoms with Crippen LogP contribution in [0.4, 0.5) is 0 Å². The van der Waals surface area contributed by atoms with Crippen molar-refractivity contribution in [3.63, 3.8) is 0 Å². The number of rotatable bonds is 5. The normalized spacial score (nSPS) is 31.4. The number of benzene rings is 1. The van der Waals surface area contributed by atoms with Gasteiger partial charge in [-0.25, -0.2) is 0 Å². The Balaban J connectivity index is 1.25. The van der Waals surface area contributed by atoms with Crippen LogP contribution in [0.1, 0.15) is 47.2 Å². The summed E-state index contributed by atoms with van der Waals surface area (Å²) in [6.45, 7) is 3.23. The van der Waals surface area contributed by atoms with Crippen molar-refractivity contribution in [2.45, 2.75) is 50.9 Å². The molecule has 7 nitrogen and oxygen atoms in total. The number of hydrogen-bond acceptors (Lipinski definition) is 5. The summed E-state index contributed by atoms with van der Waals surface area (Å²) in [5, 5.41) is 9.45. The van der Waals surface area contributed by atoms with Crippen LogP contribution in [0, 0.1) is 11.8 Å². The molecule has 28 heavy (non-hydrogen) atoms. The smallest absolute Gasteiger partial charge is 0.255 e. The Morgan fingerprint density at radius 1 is 1.18 bits per heavy atom. The highest BCUT2D eigenvalue weighted by molar-refractivity contribution is 6.05. The van der Waals surface area contributed by atoms with Gasteiger partial charge in [-0.1, -0.05) is 18.2 Å². The topological polar surface area (TPSA) is 90.5 Å². The van der Waals surface area contributed by atoms with E-state index in [1.165, 1.54) is 12.8 Å². The third-order valence-corrected chi connectivity index (χ3v) is 6.92. The molecule has 0 spiro atoms. The lowest BCUT2D eigenvalue weighted by atomic mass is 9.70. The lowest BCUT2D eigenvalue weighted by Crippen LogP contribution is -2.52. The monoisotopic (exact) mass is 382 g/mol. The summed E-state index contributed by atoms with van der Waals surface area (Å²) in [4.78, 5) is 38.3. The number of amides is 3. The van der Waals surface area contributed by atoms with Crippen LogP contribution in [-0.2, 0) is 22.7 Å². The van der Waals surface area contributed by atoms with Crippen molar-refractivity contribution in [3.05, 3.63) is 34.9 Å². The highest BCUT2D eigenvalue weighted by Crippen LogP contribution is 2.40. The molecule has 3 amide bonds. The van der Waals surface area contributed by atoms with Gasteiger partial charge in [0.25, 0.3) is 5.91 Å². The zero-order valence-electron chi connectivity index (χ0n) is 15.9. The highest BCUT2D eigenvalue weighted by Gasteiger charge is 2.43. The van der Waals surface area contributed by atoms with Crippen LogP contribution in [0.3, 0.4) is 0 Å². The van der Waals surface area contributed by atoms with E-state index in [0.717, 1.165) is 47.7 Å². The minimum Gasteiger partial charge on any atom is -0.322 e. The number of nitrogens with one attached hydrogen (secondary N) is 3. The second-order valence-corrected chi connectivity index (χ2v) is 8.49. The van der Waals surface area contributed by atoms with E-state index in [-0.39, 0.29) is 24.1 Å². The maximum absolute atomic E-state index is 13.1. The molecule has 4 aliphatic rings. The first kappa shape index (κ1) is 17.8. The molecule has 4 atom stereocenters. The first-order valence-electron chi connectivity index (χ1n) is 10.3. The number of nitrogens with zero attached hydrogens (tertiary/aromatic N) is 1. The minimum atomic E-state index is -0.555. The third-order valence-electron chi connectivity index (χ3n) is 6.92. The summed E-state index contributed by atoms with van der Waals surface area (Å²) in [5.74, 6) is 0.824. The molecule has 0 aromatic heterocycles. The Labute approximate surface area is 164 Å². The Bertz CT molecular complexity index is 839. The first-order valence-corrected chi connectivity index (χ1v) is 10.3. The van der Waals surface area contributed by atoms with E-state index in [1.807, 2.05) is 18.2 Å². The molecule has 1 aromatic rings. The molecule has 3 heterocycles. The highest BCUT2D eigenvalue weighted by atomic mass is 16.2. The van der Waals surface area contributed by atoms with Gasteiger partial charge in [-0.05, 0) is 55.3 Å². The molecular weight excluding hydrogens is 356 g/mol. The van der Waals surface area contributed by atoms with Gasteiger partial charge in [0.15, 0.2) is 0 Å². The van der Waals surface area contributed by atoms with E-state index < -0.39 is 6.04 Å². The standard InChI is InChI=1S/C21H26N4O3/c26-18-5-4-17(20(27)24-18)25-11-13-3-1-2-12(19(13)21(25)28)9-22-10-14-8-16-15(14)6-7-23-16/h1-3,14-17,22-23H,4-11H2,(H,24,26,27). The summed E-state index contributed by atoms with van der Waals surface area (Å²) < 4.78 is 0. The first-order chi connectivity index (χ1) is 13.6. The molecule has 3 fully saturated rings. The quantitative estimate of drug-likeness (QED) is 0.647. The summed E-state index contributed by atoms with van der Waals surface area (Å²) >= 11 is 0. The van der Waals surface area contributed by atoms with Gasteiger partial charge in [-0.15, -0.1) is 0 Å². The van der Waals surface area contributed by atoms with Crippen LogP contribution in [0.5, 0.6) is 0 Å². The van der Waals surface area contributed by atoms with Crippen LogP contribution in [0.25, 0.3) is 0 Å². The van der Waals surface area contributed by atoms with Crippen molar-refractivity contribution in [1.82, 2.24) is 20.9 Å². The molecule has 1 aromatic carbocycles. The number of carbonyl (C=O) groups is 3. The number of carbonyl (C=O) groups excluding carboxylic acids is 3. The van der Waals surface area contributed by atoms with E-state index in [2.05, 4.69) is 16.0 Å². The molecule has 5 rings (SSSR count). The summed E-state index contributed by atoms with van der Waals surface area (Å²) in [7, 11) is 0. The van der Waals surface area contributed by atoms with Crippen LogP contribution in [0.2, 0.25) is 0 Å². The van der Waals surface area contributed by atoms with Crippen molar-refractivity contribution >= 4 is 17.7 Å². The van der Waals surface area contributed by atoms with Crippen molar-refractivity contribution < 1.29 is 14.4 Å².